The Morgan fingerprint density at radius 1 is 1.31 bits per heavy atom. The van der Waals surface area contributed by atoms with Crippen LogP contribution < -0.4 is 5.32 Å². The Morgan fingerprint density at radius 3 is 2.62 bits per heavy atom. The highest BCUT2D eigenvalue weighted by molar-refractivity contribution is 5.33. The molecule has 3 nitrogen and oxygen atoms in total. The molecule has 0 saturated heterocycles. The van der Waals surface area contributed by atoms with Crippen molar-refractivity contribution in [2.24, 2.45) is 0 Å². The first-order valence-electron chi connectivity index (χ1n) is 4.65. The summed E-state index contributed by atoms with van der Waals surface area (Å²) in [4.78, 5) is 0. The van der Waals surface area contributed by atoms with Gasteiger partial charge in [-0.1, -0.05) is 12.1 Å². The average Bonchev–Trinajstić information content (AvgIpc) is 2.24. The number of aliphatic hydroxyl groups excluding tert-OH is 1. The summed E-state index contributed by atoms with van der Waals surface area (Å²) in [6, 6.07) is 3.95. The van der Waals surface area contributed by atoms with E-state index in [1.807, 2.05) is 0 Å². The van der Waals surface area contributed by atoms with E-state index in [4.69, 9.17) is 5.11 Å². The van der Waals surface area contributed by atoms with E-state index < -0.39 is 24.1 Å². The van der Waals surface area contributed by atoms with Gasteiger partial charge < -0.3 is 15.5 Å². The van der Waals surface area contributed by atoms with Crippen molar-refractivity contribution < 1.29 is 23.4 Å². The van der Waals surface area contributed by atoms with Crippen LogP contribution in [0.1, 0.15) is 5.56 Å². The zero-order chi connectivity index (χ0) is 12.1. The second-order valence-corrected chi connectivity index (χ2v) is 3.28. The minimum atomic E-state index is -2.83. The molecular formula is C10H12F3NO2. The maximum Gasteiger partial charge on any atom is 0.265 e. The lowest BCUT2D eigenvalue weighted by atomic mass is 10.2. The Morgan fingerprint density at radius 2 is 2.00 bits per heavy atom. The number of aromatic hydroxyl groups is 1. The molecule has 6 heteroatoms. The largest absolute Gasteiger partial charge is 0.505 e. The van der Waals surface area contributed by atoms with Gasteiger partial charge in [0.1, 0.15) is 6.10 Å². The zero-order valence-electron chi connectivity index (χ0n) is 8.33. The topological polar surface area (TPSA) is 52.5 Å². The Hall–Kier alpha value is -1.27. The van der Waals surface area contributed by atoms with Crippen molar-refractivity contribution in [3.8, 4) is 5.75 Å². The second kappa shape index (κ2) is 5.72. The lowest BCUT2D eigenvalue weighted by molar-refractivity contribution is -0.00342. The molecule has 0 aliphatic rings. The first kappa shape index (κ1) is 12.8. The van der Waals surface area contributed by atoms with Gasteiger partial charge in [0.2, 0.25) is 0 Å². The van der Waals surface area contributed by atoms with Crippen LogP contribution in [0.5, 0.6) is 5.75 Å². The SMILES string of the molecule is Oc1c(F)cccc1CNCC(O)C(F)F. The number of rotatable bonds is 5. The van der Waals surface area contributed by atoms with Crippen molar-refractivity contribution in [3.05, 3.63) is 29.6 Å². The lowest BCUT2D eigenvalue weighted by Gasteiger charge is -2.11. The quantitative estimate of drug-likeness (QED) is 0.719. The summed E-state index contributed by atoms with van der Waals surface area (Å²) in [5.74, 6) is -1.28. The number of phenols is 1. The van der Waals surface area contributed by atoms with Gasteiger partial charge in [-0.2, -0.15) is 0 Å². The number of hydrogen-bond acceptors (Lipinski definition) is 3. The highest BCUT2D eigenvalue weighted by Gasteiger charge is 2.16. The van der Waals surface area contributed by atoms with Gasteiger partial charge in [-0.05, 0) is 6.07 Å². The summed E-state index contributed by atoms with van der Waals surface area (Å²) < 4.78 is 36.6. The van der Waals surface area contributed by atoms with Crippen molar-refractivity contribution >= 4 is 0 Å². The van der Waals surface area contributed by atoms with E-state index in [2.05, 4.69) is 5.32 Å². The predicted octanol–water partition coefficient (Wildman–Crippen LogP) is 1.25. The monoisotopic (exact) mass is 235 g/mol. The first-order chi connectivity index (χ1) is 7.52. The molecule has 1 aromatic rings. The van der Waals surface area contributed by atoms with Crippen molar-refractivity contribution in [3.63, 3.8) is 0 Å². The van der Waals surface area contributed by atoms with E-state index in [0.29, 0.717) is 0 Å². The third kappa shape index (κ3) is 3.39. The summed E-state index contributed by atoms with van der Waals surface area (Å²) in [6.07, 6.45) is -4.59. The second-order valence-electron chi connectivity index (χ2n) is 3.28. The molecule has 1 unspecified atom stereocenters. The maximum absolute atomic E-state index is 12.8. The molecule has 0 aromatic heterocycles. The minimum absolute atomic E-state index is 0.00731. The number of halogens is 3. The van der Waals surface area contributed by atoms with Gasteiger partial charge in [-0.3, -0.25) is 0 Å². The number of benzene rings is 1. The van der Waals surface area contributed by atoms with Gasteiger partial charge in [0.15, 0.2) is 11.6 Å². The van der Waals surface area contributed by atoms with E-state index in [9.17, 15) is 18.3 Å². The molecule has 1 aromatic carbocycles. The van der Waals surface area contributed by atoms with E-state index in [1.165, 1.54) is 12.1 Å². The Kier molecular flexibility index (Phi) is 4.57. The van der Waals surface area contributed by atoms with Gasteiger partial charge in [0, 0.05) is 18.7 Å². The fourth-order valence-electron chi connectivity index (χ4n) is 1.15. The third-order valence-electron chi connectivity index (χ3n) is 2.03. The van der Waals surface area contributed by atoms with Crippen LogP contribution in [-0.4, -0.2) is 29.3 Å². The molecule has 0 amide bonds. The molecule has 0 fully saturated rings. The Balaban J connectivity index is 2.46. The van der Waals surface area contributed by atoms with Crippen molar-refractivity contribution in [1.29, 1.82) is 0 Å². The highest BCUT2D eigenvalue weighted by Crippen LogP contribution is 2.20. The van der Waals surface area contributed by atoms with E-state index in [1.54, 1.807) is 0 Å². The molecule has 0 bridgehead atoms. The van der Waals surface area contributed by atoms with Crippen molar-refractivity contribution in [1.82, 2.24) is 5.32 Å². The molecular weight excluding hydrogens is 223 g/mol. The van der Waals surface area contributed by atoms with Crippen LogP contribution in [0.3, 0.4) is 0 Å². The molecule has 0 spiro atoms. The number of phenolic OH excluding ortho intramolecular Hbond substituents is 1. The van der Waals surface area contributed by atoms with Crippen molar-refractivity contribution in [2.45, 2.75) is 19.1 Å². The lowest BCUT2D eigenvalue weighted by Crippen LogP contribution is -2.31. The van der Waals surface area contributed by atoms with E-state index >= 15 is 0 Å². The Bertz CT molecular complexity index is 347. The van der Waals surface area contributed by atoms with Crippen LogP contribution in [0, 0.1) is 5.82 Å². The summed E-state index contributed by atoms with van der Waals surface area (Å²) in [6.45, 7) is -0.318. The number of para-hydroxylation sites is 1. The molecule has 1 rings (SSSR count). The van der Waals surface area contributed by atoms with Crippen molar-refractivity contribution in [2.75, 3.05) is 6.54 Å². The van der Waals surface area contributed by atoms with Gasteiger partial charge in [0.05, 0.1) is 0 Å². The van der Waals surface area contributed by atoms with Crippen LogP contribution in [0.4, 0.5) is 13.2 Å². The van der Waals surface area contributed by atoms with Gasteiger partial charge in [-0.25, -0.2) is 13.2 Å². The molecule has 0 saturated carbocycles. The van der Waals surface area contributed by atoms with Gasteiger partial charge in [0.25, 0.3) is 6.43 Å². The number of hydrogen-bond donors (Lipinski definition) is 3. The normalized spacial score (nSPS) is 13.1. The van der Waals surface area contributed by atoms with Gasteiger partial charge >= 0.3 is 0 Å². The van der Waals surface area contributed by atoms with Crippen LogP contribution in [0.25, 0.3) is 0 Å². The summed E-state index contributed by atoms with van der Waals surface area (Å²) in [5, 5.41) is 20.5. The maximum atomic E-state index is 12.8. The number of nitrogens with one attached hydrogen (secondary N) is 1. The smallest absolute Gasteiger partial charge is 0.265 e. The summed E-state index contributed by atoms with van der Waals surface area (Å²) in [7, 11) is 0. The fourth-order valence-corrected chi connectivity index (χ4v) is 1.15. The molecule has 0 heterocycles. The molecule has 16 heavy (non-hydrogen) atoms. The van der Waals surface area contributed by atoms with Crippen LogP contribution >= 0.6 is 0 Å². The predicted molar refractivity (Wildman–Crippen MR) is 51.8 cm³/mol. The number of aliphatic hydroxyl groups is 1. The molecule has 0 radical (unpaired) electrons. The Labute approximate surface area is 90.5 Å². The van der Waals surface area contributed by atoms with Gasteiger partial charge in [-0.15, -0.1) is 0 Å². The number of alkyl halides is 2. The molecule has 0 aliphatic carbocycles. The van der Waals surface area contributed by atoms with E-state index in [0.717, 1.165) is 6.07 Å². The standard InChI is InChI=1S/C10H12F3NO2/c11-7-3-1-2-6(9(7)16)4-14-5-8(15)10(12)13/h1-3,8,10,14-16H,4-5H2. The zero-order valence-corrected chi connectivity index (χ0v) is 8.33. The first-order valence-corrected chi connectivity index (χ1v) is 4.65. The molecule has 1 atom stereocenters. The van der Waals surface area contributed by atoms with Crippen LogP contribution in [-0.2, 0) is 6.54 Å². The summed E-state index contributed by atoms with van der Waals surface area (Å²) >= 11 is 0. The van der Waals surface area contributed by atoms with Crippen LogP contribution in [0.2, 0.25) is 0 Å². The molecule has 0 aliphatic heterocycles. The minimum Gasteiger partial charge on any atom is -0.505 e. The summed E-state index contributed by atoms with van der Waals surface area (Å²) in [5.41, 5.74) is 0.251. The third-order valence-corrected chi connectivity index (χ3v) is 2.03. The van der Waals surface area contributed by atoms with Crippen LogP contribution in [0.15, 0.2) is 18.2 Å². The fraction of sp³-hybridized carbons (Fsp3) is 0.400. The molecule has 3 N–H and O–H groups in total. The average molecular weight is 235 g/mol. The highest BCUT2D eigenvalue weighted by atomic mass is 19.3. The van der Waals surface area contributed by atoms with E-state index in [-0.39, 0.29) is 18.7 Å². The molecule has 90 valence electrons.